The second-order valence-corrected chi connectivity index (χ2v) is 33.1. The minimum atomic E-state index is 0.177. The lowest BCUT2D eigenvalue weighted by atomic mass is 9.85. The molecule has 0 saturated heterocycles. The summed E-state index contributed by atoms with van der Waals surface area (Å²) in [6.45, 7) is 30.8. The van der Waals surface area contributed by atoms with E-state index in [1.165, 1.54) is 230 Å². The van der Waals surface area contributed by atoms with Gasteiger partial charge in [-0.15, -0.1) is 0 Å². The zero-order valence-electron chi connectivity index (χ0n) is 69.0. The molecule has 0 saturated carbocycles. The van der Waals surface area contributed by atoms with Gasteiger partial charge in [-0.3, -0.25) is 0 Å². The van der Waals surface area contributed by atoms with Crippen LogP contribution in [0.2, 0.25) is 0 Å². The van der Waals surface area contributed by atoms with Crippen LogP contribution in [0.1, 0.15) is 87.5 Å². The van der Waals surface area contributed by atoms with E-state index in [2.05, 4.69) is 449 Å². The number of benzene rings is 20. The van der Waals surface area contributed by atoms with Crippen LogP contribution < -0.4 is 0 Å². The fourth-order valence-electron chi connectivity index (χ4n) is 17.6. The molecule has 0 N–H and O–H groups in total. The second kappa shape index (κ2) is 32.2. The Kier molecular flexibility index (Phi) is 21.3. The Hall–Kier alpha value is -13.0. The SMILES string of the molecule is Cc1cc(C)c(-c2c3ccccc3cc3ccc(C)cc23)c(C)c1.Cc1ccc2c(-c3ccc(C(C)(C)C)cc3)c3ccccc3cc2c1.Cc1ccc2c(-c3ccccc3C)c3ccccc3cc2c1.Cc1ccc2cc3ccccc3c(-c3ccccc3C)c2c1.Cc1cccc(-c2c3ccccc3cc3ccc(C)cc23)c1. The molecule has 20 aromatic carbocycles. The van der Waals surface area contributed by atoms with Crippen molar-refractivity contribution in [2.45, 2.75) is 102 Å². The van der Waals surface area contributed by atoms with Crippen LogP contribution in [-0.4, -0.2) is 0 Å². The van der Waals surface area contributed by atoms with Crippen LogP contribution in [0.4, 0.5) is 0 Å². The van der Waals surface area contributed by atoms with Gasteiger partial charge in [-0.25, -0.2) is 0 Å². The van der Waals surface area contributed by atoms with Crippen molar-refractivity contribution in [2.24, 2.45) is 0 Å². The lowest BCUT2D eigenvalue weighted by Crippen LogP contribution is -2.10. The van der Waals surface area contributed by atoms with Crippen molar-refractivity contribution in [3.8, 4) is 55.6 Å². The number of fused-ring (bicyclic) bond motifs is 10. The van der Waals surface area contributed by atoms with Crippen molar-refractivity contribution < 1.29 is 0 Å². The number of hydrogen-bond acceptors (Lipinski definition) is 0. The molecule has 560 valence electrons. The van der Waals surface area contributed by atoms with Gasteiger partial charge >= 0.3 is 0 Å². The Morgan fingerprint density at radius 3 is 0.878 bits per heavy atom. The van der Waals surface area contributed by atoms with Gasteiger partial charge in [0.2, 0.25) is 0 Å². The second-order valence-electron chi connectivity index (χ2n) is 33.1. The van der Waals surface area contributed by atoms with Crippen LogP contribution >= 0.6 is 0 Å². The van der Waals surface area contributed by atoms with Crippen molar-refractivity contribution in [1.82, 2.24) is 0 Å². The predicted molar refractivity (Wildman–Crippen MR) is 505 cm³/mol. The molecule has 0 radical (unpaired) electrons. The normalized spacial score (nSPS) is 11.4. The maximum atomic E-state index is 2.33. The summed E-state index contributed by atoms with van der Waals surface area (Å²) >= 11 is 0. The van der Waals surface area contributed by atoms with E-state index < -0.39 is 0 Å². The summed E-state index contributed by atoms with van der Waals surface area (Å²) < 4.78 is 0. The minimum Gasteiger partial charge on any atom is -0.0620 e. The monoisotopic (exact) mass is 1480 g/mol. The van der Waals surface area contributed by atoms with Gasteiger partial charge in [-0.05, 0) is 303 Å². The molecule has 0 aliphatic heterocycles. The topological polar surface area (TPSA) is 0 Å². The van der Waals surface area contributed by atoms with Gasteiger partial charge in [0.1, 0.15) is 0 Å². The summed E-state index contributed by atoms with van der Waals surface area (Å²) in [6.07, 6.45) is 0. The third kappa shape index (κ3) is 15.7. The molecule has 0 heteroatoms. The summed E-state index contributed by atoms with van der Waals surface area (Å²) in [7, 11) is 0. The lowest BCUT2D eigenvalue weighted by Gasteiger charge is -2.20. The fraction of sp³-hybridized carbons (Fsp3) is 0.130. The van der Waals surface area contributed by atoms with E-state index in [9.17, 15) is 0 Å². The van der Waals surface area contributed by atoms with E-state index in [1.807, 2.05) is 0 Å². The average molecular weight is 1480 g/mol. The quantitative estimate of drug-likeness (QED) is 0.151. The first-order valence-electron chi connectivity index (χ1n) is 40.7. The molecule has 0 unspecified atom stereocenters. The van der Waals surface area contributed by atoms with Crippen LogP contribution in [0.25, 0.3) is 163 Å². The number of aryl methyl sites for hydroxylation is 11. The molecule has 0 aromatic heterocycles. The van der Waals surface area contributed by atoms with Crippen LogP contribution in [0, 0.1) is 76.2 Å². The average Bonchev–Trinajstić information content (AvgIpc) is 0.786. The first-order valence-corrected chi connectivity index (χ1v) is 40.7. The van der Waals surface area contributed by atoms with E-state index in [1.54, 1.807) is 0 Å². The van der Waals surface area contributed by atoms with Gasteiger partial charge < -0.3 is 0 Å². The third-order valence-corrected chi connectivity index (χ3v) is 23.2. The highest BCUT2D eigenvalue weighted by Crippen LogP contribution is 2.45. The van der Waals surface area contributed by atoms with Gasteiger partial charge in [0, 0.05) is 0 Å². The van der Waals surface area contributed by atoms with Gasteiger partial charge in [0.05, 0.1) is 0 Å². The standard InChI is InChI=1S/C25H24.C24H22.3C22H18/c1-17-9-14-23-20(15-17)16-19-7-5-6-8-22(19)24(23)18-10-12-21(13-11-18)25(2,3)4;1-15-9-10-20-14-19-7-5-6-8-21(19)24(22(20)13-15)23-17(3)11-16(2)12-18(23)4;1-15-11-12-21-18(13-15)14-17-8-4-6-10-20(17)22(21)19-9-5-3-7-16(19)2;1-15-11-12-18-14-17-8-4-6-10-20(17)22(21(18)13-15)19-9-5-3-7-16(19)2;1-15-6-5-8-19(12-15)22-20-9-4-3-7-17(20)14-18-11-10-16(2)13-21(18)22/h5-16H,1-4H3;5-14H,1-4H3;3*3-14H,1-2H3. The van der Waals surface area contributed by atoms with Crippen LogP contribution in [0.5, 0.6) is 0 Å². The van der Waals surface area contributed by atoms with Crippen LogP contribution in [0.3, 0.4) is 0 Å². The summed E-state index contributed by atoms with van der Waals surface area (Å²) in [5.74, 6) is 0. The summed E-state index contributed by atoms with van der Waals surface area (Å²) in [5.41, 5.74) is 29.4. The smallest absolute Gasteiger partial charge is 0.00214 e. The first-order chi connectivity index (χ1) is 55.7. The maximum absolute atomic E-state index is 2.33. The molecule has 0 aliphatic carbocycles. The van der Waals surface area contributed by atoms with Gasteiger partial charge in [0.25, 0.3) is 0 Å². The van der Waals surface area contributed by atoms with Crippen molar-refractivity contribution in [3.05, 3.63) is 419 Å². The zero-order valence-corrected chi connectivity index (χ0v) is 69.0. The molecule has 0 aliphatic rings. The van der Waals surface area contributed by atoms with E-state index in [4.69, 9.17) is 0 Å². The number of rotatable bonds is 5. The summed E-state index contributed by atoms with van der Waals surface area (Å²) in [6, 6.07) is 129. The van der Waals surface area contributed by atoms with Gasteiger partial charge in [-0.2, -0.15) is 0 Å². The molecule has 20 rings (SSSR count). The minimum absolute atomic E-state index is 0.177. The van der Waals surface area contributed by atoms with Crippen molar-refractivity contribution >= 4 is 108 Å². The Balaban J connectivity index is 0.000000108. The molecule has 0 spiro atoms. The molecule has 0 nitrogen and oxygen atoms in total. The Morgan fingerprint density at radius 2 is 0.461 bits per heavy atom. The largest absolute Gasteiger partial charge is 0.0620 e. The summed E-state index contributed by atoms with van der Waals surface area (Å²) in [5, 5.41) is 26.4. The zero-order chi connectivity index (χ0) is 79.8. The number of hydrogen-bond donors (Lipinski definition) is 0. The molecule has 0 bridgehead atoms. The first kappa shape index (κ1) is 76.0. The summed E-state index contributed by atoms with van der Waals surface area (Å²) in [4.78, 5) is 0. The Bertz CT molecular complexity index is 7090. The van der Waals surface area contributed by atoms with Gasteiger partial charge in [-0.1, -0.05) is 381 Å². The maximum Gasteiger partial charge on any atom is -0.00214 e. The third-order valence-electron chi connectivity index (χ3n) is 23.2. The van der Waals surface area contributed by atoms with E-state index in [-0.39, 0.29) is 5.41 Å². The van der Waals surface area contributed by atoms with Crippen molar-refractivity contribution in [1.29, 1.82) is 0 Å². The van der Waals surface area contributed by atoms with Gasteiger partial charge in [0.15, 0.2) is 0 Å². The Labute approximate surface area is 679 Å². The van der Waals surface area contributed by atoms with Crippen molar-refractivity contribution in [2.75, 3.05) is 0 Å². The Morgan fingerprint density at radius 1 is 0.157 bits per heavy atom. The molecular formula is C115H100. The molecule has 0 heterocycles. The lowest BCUT2D eigenvalue weighted by molar-refractivity contribution is 0.590. The van der Waals surface area contributed by atoms with Crippen LogP contribution in [-0.2, 0) is 5.41 Å². The predicted octanol–water partition coefficient (Wildman–Crippen LogP) is 33.0. The molecule has 0 amide bonds. The highest BCUT2D eigenvalue weighted by molar-refractivity contribution is 6.18. The van der Waals surface area contributed by atoms with E-state index in [0.29, 0.717) is 0 Å². The van der Waals surface area contributed by atoms with Crippen LogP contribution in [0.15, 0.2) is 352 Å². The molecule has 0 atom stereocenters. The molecule has 20 aromatic rings. The van der Waals surface area contributed by atoms with E-state index >= 15 is 0 Å². The molecular weight excluding hydrogens is 1380 g/mol. The fourth-order valence-corrected chi connectivity index (χ4v) is 17.6. The highest BCUT2D eigenvalue weighted by atomic mass is 14.2. The highest BCUT2D eigenvalue weighted by Gasteiger charge is 2.20. The molecule has 115 heavy (non-hydrogen) atoms. The molecule has 0 fully saturated rings. The van der Waals surface area contributed by atoms with E-state index in [0.717, 1.165) is 0 Å². The van der Waals surface area contributed by atoms with Crippen molar-refractivity contribution in [3.63, 3.8) is 0 Å².